The van der Waals surface area contributed by atoms with Crippen molar-refractivity contribution < 1.29 is 14.7 Å². The number of hydrogen-bond donors (Lipinski definition) is 2. The second kappa shape index (κ2) is 8.64. The average Bonchev–Trinajstić information content (AvgIpc) is 2.45. The fraction of sp³-hybridized carbons (Fsp3) is 0.375. The number of carboxylic acids is 1. The van der Waals surface area contributed by atoms with E-state index in [0.29, 0.717) is 0 Å². The lowest BCUT2D eigenvalue weighted by Crippen LogP contribution is -2.46. The summed E-state index contributed by atoms with van der Waals surface area (Å²) in [5.41, 5.74) is 1.20. The minimum atomic E-state index is -1.09. The lowest BCUT2D eigenvalue weighted by molar-refractivity contribution is -0.137. The van der Waals surface area contributed by atoms with E-state index in [-0.39, 0.29) is 12.6 Å². The number of benzene rings is 1. The van der Waals surface area contributed by atoms with Crippen LogP contribution in [0.25, 0.3) is 0 Å². The first-order valence-corrected chi connectivity index (χ1v) is 6.77. The van der Waals surface area contributed by atoms with E-state index in [1.165, 1.54) is 5.56 Å². The van der Waals surface area contributed by atoms with Gasteiger partial charge in [0.1, 0.15) is 6.54 Å². The van der Waals surface area contributed by atoms with E-state index in [9.17, 15) is 9.59 Å². The van der Waals surface area contributed by atoms with Gasteiger partial charge in [0.2, 0.25) is 0 Å². The van der Waals surface area contributed by atoms with Crippen molar-refractivity contribution in [2.45, 2.75) is 25.8 Å². The number of nitrogens with one attached hydrogen (secondary N) is 1. The van der Waals surface area contributed by atoms with E-state index < -0.39 is 18.5 Å². The van der Waals surface area contributed by atoms with Crippen LogP contribution >= 0.6 is 0 Å². The van der Waals surface area contributed by atoms with Gasteiger partial charge in [-0.25, -0.2) is 4.79 Å². The van der Waals surface area contributed by atoms with Crippen molar-refractivity contribution >= 4 is 12.0 Å². The summed E-state index contributed by atoms with van der Waals surface area (Å²) in [6.45, 7) is 1.46. The van der Waals surface area contributed by atoms with Crippen molar-refractivity contribution in [2.24, 2.45) is 0 Å². The van der Waals surface area contributed by atoms with Crippen molar-refractivity contribution in [3.05, 3.63) is 35.9 Å². The molecule has 1 rings (SSSR count). The molecule has 1 atom stereocenters. The first-order valence-electron chi connectivity index (χ1n) is 6.77. The summed E-state index contributed by atoms with van der Waals surface area (Å²) in [7, 11) is 0. The third-order valence-electron chi connectivity index (χ3n) is 2.97. The third kappa shape index (κ3) is 6.48. The van der Waals surface area contributed by atoms with Crippen LogP contribution in [0.1, 0.15) is 18.9 Å². The largest absolute Gasteiger partial charge is 0.480 e. The molecule has 112 valence electrons. The molecule has 0 heterocycles. The molecule has 2 amide bonds. The monoisotopic (exact) mass is 288 g/mol. The van der Waals surface area contributed by atoms with Crippen LogP contribution in [0.5, 0.6) is 0 Å². The normalized spacial score (nSPS) is 11.2. The first-order chi connectivity index (χ1) is 10.0. The number of rotatable bonds is 7. The maximum Gasteiger partial charge on any atom is 0.323 e. The Bertz CT molecular complexity index is 508. The molecule has 0 aliphatic rings. The topological polar surface area (TPSA) is 69.6 Å². The molecule has 2 N–H and O–H groups in total. The van der Waals surface area contributed by atoms with Crippen molar-refractivity contribution in [2.75, 3.05) is 13.1 Å². The Morgan fingerprint density at radius 2 is 2.05 bits per heavy atom. The molecule has 0 aliphatic carbocycles. The molecule has 0 fully saturated rings. The maximum absolute atomic E-state index is 11.9. The molecule has 0 saturated carbocycles. The van der Waals surface area contributed by atoms with Gasteiger partial charge in [-0.15, -0.1) is 6.42 Å². The Morgan fingerprint density at radius 3 is 2.62 bits per heavy atom. The van der Waals surface area contributed by atoms with Crippen molar-refractivity contribution in [3.8, 4) is 12.3 Å². The quantitative estimate of drug-likeness (QED) is 0.751. The Morgan fingerprint density at radius 1 is 1.38 bits per heavy atom. The van der Waals surface area contributed by atoms with Gasteiger partial charge in [0, 0.05) is 6.04 Å². The smallest absolute Gasteiger partial charge is 0.323 e. The number of carbonyl (C=O) groups excluding carboxylic acids is 1. The molecule has 0 spiro atoms. The van der Waals surface area contributed by atoms with Gasteiger partial charge in [0.15, 0.2) is 0 Å². The summed E-state index contributed by atoms with van der Waals surface area (Å²) in [6, 6.07) is 9.45. The molecule has 5 nitrogen and oxygen atoms in total. The van der Waals surface area contributed by atoms with Crippen LogP contribution in [0, 0.1) is 12.3 Å². The molecule has 0 aromatic heterocycles. The van der Waals surface area contributed by atoms with Crippen molar-refractivity contribution in [3.63, 3.8) is 0 Å². The molecule has 0 radical (unpaired) electrons. The van der Waals surface area contributed by atoms with Gasteiger partial charge in [-0.3, -0.25) is 4.79 Å². The predicted molar refractivity (Wildman–Crippen MR) is 80.8 cm³/mol. The van der Waals surface area contributed by atoms with Crippen molar-refractivity contribution in [1.29, 1.82) is 0 Å². The summed E-state index contributed by atoms with van der Waals surface area (Å²) in [5, 5.41) is 11.5. The second-order valence-corrected chi connectivity index (χ2v) is 4.83. The highest BCUT2D eigenvalue weighted by atomic mass is 16.4. The Labute approximate surface area is 125 Å². The molecule has 21 heavy (non-hydrogen) atoms. The van der Waals surface area contributed by atoms with Gasteiger partial charge >= 0.3 is 12.0 Å². The van der Waals surface area contributed by atoms with E-state index in [1.54, 1.807) is 0 Å². The Hall–Kier alpha value is -2.48. The SMILES string of the molecule is C#CCN(CC(=O)O)C(=O)NC(C)CCc1ccccc1. The van der Waals surface area contributed by atoms with Crippen LogP contribution in [0.2, 0.25) is 0 Å². The van der Waals surface area contributed by atoms with Crippen LogP contribution in [-0.4, -0.2) is 41.1 Å². The van der Waals surface area contributed by atoms with Gasteiger partial charge in [0.05, 0.1) is 6.54 Å². The maximum atomic E-state index is 11.9. The van der Waals surface area contributed by atoms with E-state index in [4.69, 9.17) is 11.5 Å². The number of carboxylic acid groups (broad SMARTS) is 1. The highest BCUT2D eigenvalue weighted by Crippen LogP contribution is 2.05. The average molecular weight is 288 g/mol. The van der Waals surface area contributed by atoms with E-state index in [2.05, 4.69) is 11.2 Å². The number of carbonyl (C=O) groups is 2. The molecular weight excluding hydrogens is 268 g/mol. The molecule has 1 unspecified atom stereocenters. The summed E-state index contributed by atoms with van der Waals surface area (Å²) in [6.07, 6.45) is 6.76. The van der Waals surface area contributed by atoms with Crippen LogP contribution in [0.4, 0.5) is 4.79 Å². The third-order valence-corrected chi connectivity index (χ3v) is 2.97. The van der Waals surface area contributed by atoms with E-state index in [1.807, 2.05) is 37.3 Å². The fourth-order valence-corrected chi connectivity index (χ4v) is 1.88. The first kappa shape index (κ1) is 16.6. The molecule has 5 heteroatoms. The molecule has 0 aliphatic heterocycles. The Balaban J connectivity index is 2.44. The summed E-state index contributed by atoms with van der Waals surface area (Å²) in [4.78, 5) is 23.7. The van der Waals surface area contributed by atoms with Gasteiger partial charge in [0.25, 0.3) is 0 Å². The lowest BCUT2D eigenvalue weighted by atomic mass is 10.1. The van der Waals surface area contributed by atoms with Crippen molar-refractivity contribution in [1.82, 2.24) is 10.2 Å². The molecule has 1 aromatic carbocycles. The number of nitrogens with zero attached hydrogens (tertiary/aromatic N) is 1. The zero-order valence-corrected chi connectivity index (χ0v) is 12.1. The van der Waals surface area contributed by atoms with E-state index >= 15 is 0 Å². The molecular formula is C16H20N2O3. The fourth-order valence-electron chi connectivity index (χ4n) is 1.88. The number of aliphatic carboxylic acids is 1. The highest BCUT2D eigenvalue weighted by Gasteiger charge is 2.17. The number of amides is 2. The number of aryl methyl sites for hydroxylation is 1. The Kier molecular flexibility index (Phi) is 6.82. The van der Waals surface area contributed by atoms with Gasteiger partial charge in [-0.2, -0.15) is 0 Å². The minimum absolute atomic E-state index is 0.0243. The number of hydrogen-bond acceptors (Lipinski definition) is 2. The summed E-state index contributed by atoms with van der Waals surface area (Å²) >= 11 is 0. The predicted octanol–water partition coefficient (Wildman–Crippen LogP) is 1.74. The lowest BCUT2D eigenvalue weighted by Gasteiger charge is -2.22. The van der Waals surface area contributed by atoms with Crippen LogP contribution in [-0.2, 0) is 11.2 Å². The van der Waals surface area contributed by atoms with E-state index in [0.717, 1.165) is 17.7 Å². The molecule has 1 aromatic rings. The molecule has 0 bridgehead atoms. The zero-order valence-electron chi connectivity index (χ0n) is 12.1. The van der Waals surface area contributed by atoms with Crippen LogP contribution < -0.4 is 5.32 Å². The number of urea groups is 1. The number of terminal acetylenes is 1. The highest BCUT2D eigenvalue weighted by molar-refractivity contribution is 5.80. The minimum Gasteiger partial charge on any atom is -0.480 e. The van der Waals surface area contributed by atoms with Gasteiger partial charge < -0.3 is 15.3 Å². The van der Waals surface area contributed by atoms with Crippen LogP contribution in [0.3, 0.4) is 0 Å². The van der Waals surface area contributed by atoms with Crippen LogP contribution in [0.15, 0.2) is 30.3 Å². The van der Waals surface area contributed by atoms with Gasteiger partial charge in [-0.1, -0.05) is 36.3 Å². The van der Waals surface area contributed by atoms with Gasteiger partial charge in [-0.05, 0) is 25.3 Å². The second-order valence-electron chi connectivity index (χ2n) is 4.83. The summed E-state index contributed by atoms with van der Waals surface area (Å²) < 4.78 is 0. The zero-order chi connectivity index (χ0) is 15.7. The standard InChI is InChI=1S/C16H20N2O3/c1-3-11-18(12-15(19)20)16(21)17-13(2)9-10-14-7-5-4-6-8-14/h1,4-8,13H,9-12H2,2H3,(H,17,21)(H,19,20). The molecule has 0 saturated heterocycles. The summed E-state index contributed by atoms with van der Waals surface area (Å²) in [5.74, 6) is 1.20.